The summed E-state index contributed by atoms with van der Waals surface area (Å²) < 4.78 is 43.8. The SMILES string of the molecule is C[C@@H]1COCCN1c1cc(-c2ccncc2F)c2c(F)cnc(-c3ccnn3C3CCCCO3)c2n1. The molecule has 6 heterocycles. The molecular formula is C26H26F2N6O2. The summed E-state index contributed by atoms with van der Waals surface area (Å²) in [4.78, 5) is 15.3. The van der Waals surface area contributed by atoms with Crippen molar-refractivity contribution in [2.45, 2.75) is 38.5 Å². The minimum atomic E-state index is -0.575. The van der Waals surface area contributed by atoms with Gasteiger partial charge in [-0.25, -0.2) is 23.4 Å². The molecule has 0 amide bonds. The van der Waals surface area contributed by atoms with Gasteiger partial charge in [-0.15, -0.1) is 0 Å². The zero-order valence-electron chi connectivity index (χ0n) is 19.9. The molecule has 0 aromatic carbocycles. The van der Waals surface area contributed by atoms with Crippen LogP contribution in [-0.4, -0.2) is 57.1 Å². The quantitative estimate of drug-likeness (QED) is 0.407. The molecule has 0 saturated carbocycles. The number of halogens is 2. The van der Waals surface area contributed by atoms with Crippen LogP contribution in [0.3, 0.4) is 0 Å². The van der Waals surface area contributed by atoms with E-state index in [1.54, 1.807) is 23.0 Å². The molecule has 1 unspecified atom stereocenters. The van der Waals surface area contributed by atoms with Crippen molar-refractivity contribution in [2.75, 3.05) is 31.3 Å². The van der Waals surface area contributed by atoms with Crippen molar-refractivity contribution < 1.29 is 18.3 Å². The normalized spacial score (nSPS) is 20.7. The number of rotatable bonds is 4. The molecule has 2 aliphatic rings. The Morgan fingerprint density at radius 2 is 1.94 bits per heavy atom. The van der Waals surface area contributed by atoms with E-state index < -0.39 is 11.6 Å². The number of fused-ring (bicyclic) bond motifs is 1. The summed E-state index contributed by atoms with van der Waals surface area (Å²) in [7, 11) is 0. The average molecular weight is 493 g/mol. The Labute approximate surface area is 206 Å². The van der Waals surface area contributed by atoms with Crippen molar-refractivity contribution in [3.63, 3.8) is 0 Å². The van der Waals surface area contributed by atoms with Crippen LogP contribution in [0.25, 0.3) is 33.4 Å². The highest BCUT2D eigenvalue weighted by Gasteiger charge is 2.27. The molecule has 0 spiro atoms. The molecule has 2 saturated heterocycles. The van der Waals surface area contributed by atoms with Crippen LogP contribution in [0.4, 0.5) is 14.6 Å². The zero-order valence-corrected chi connectivity index (χ0v) is 19.9. The number of hydrogen-bond donors (Lipinski definition) is 0. The summed E-state index contributed by atoms with van der Waals surface area (Å²) in [5, 5.41) is 4.70. The first-order chi connectivity index (χ1) is 17.6. The van der Waals surface area contributed by atoms with Crippen LogP contribution in [0.5, 0.6) is 0 Å². The van der Waals surface area contributed by atoms with Crippen molar-refractivity contribution >= 4 is 16.7 Å². The number of nitrogens with zero attached hydrogens (tertiary/aromatic N) is 6. The Bertz CT molecular complexity index is 1400. The molecule has 6 rings (SSSR count). The topological polar surface area (TPSA) is 78.2 Å². The lowest BCUT2D eigenvalue weighted by atomic mass is 10.00. The van der Waals surface area contributed by atoms with Crippen LogP contribution >= 0.6 is 0 Å². The molecule has 0 radical (unpaired) electrons. The Morgan fingerprint density at radius 3 is 2.75 bits per heavy atom. The summed E-state index contributed by atoms with van der Waals surface area (Å²) in [6, 6.07) is 5.17. The second-order valence-corrected chi connectivity index (χ2v) is 9.16. The third-order valence-corrected chi connectivity index (χ3v) is 6.84. The third-order valence-electron chi connectivity index (χ3n) is 6.84. The van der Waals surface area contributed by atoms with Gasteiger partial charge in [0.1, 0.15) is 22.8 Å². The average Bonchev–Trinajstić information content (AvgIpc) is 3.39. The lowest BCUT2D eigenvalue weighted by molar-refractivity contribution is -0.0383. The Kier molecular flexibility index (Phi) is 6.06. The van der Waals surface area contributed by atoms with Gasteiger partial charge in [-0.1, -0.05) is 0 Å². The van der Waals surface area contributed by atoms with Gasteiger partial charge in [0, 0.05) is 42.1 Å². The Hall–Kier alpha value is -3.50. The van der Waals surface area contributed by atoms with Crippen molar-refractivity contribution in [1.29, 1.82) is 0 Å². The molecule has 186 valence electrons. The van der Waals surface area contributed by atoms with E-state index in [1.165, 1.54) is 6.20 Å². The second-order valence-electron chi connectivity index (χ2n) is 9.16. The van der Waals surface area contributed by atoms with Crippen molar-refractivity contribution in [1.82, 2.24) is 24.7 Å². The number of ether oxygens (including phenoxy) is 2. The molecule has 2 aliphatic heterocycles. The fourth-order valence-corrected chi connectivity index (χ4v) is 5.05. The molecule has 2 atom stereocenters. The molecule has 4 aromatic rings. The number of morpholine rings is 1. The molecule has 0 bridgehead atoms. The zero-order chi connectivity index (χ0) is 24.6. The van der Waals surface area contributed by atoms with E-state index >= 15 is 4.39 Å². The van der Waals surface area contributed by atoms with Crippen LogP contribution in [0.15, 0.2) is 43.0 Å². The second kappa shape index (κ2) is 9.51. The number of hydrogen-bond acceptors (Lipinski definition) is 7. The molecular weight excluding hydrogens is 466 g/mol. The first kappa shape index (κ1) is 22.9. The fraction of sp³-hybridized carbons (Fsp3) is 0.385. The maximum absolute atomic E-state index is 15.5. The predicted molar refractivity (Wildman–Crippen MR) is 130 cm³/mol. The summed E-state index contributed by atoms with van der Waals surface area (Å²) >= 11 is 0. The maximum atomic E-state index is 15.5. The number of anilines is 1. The molecule has 0 N–H and O–H groups in total. The van der Waals surface area contributed by atoms with Crippen molar-refractivity contribution in [3.8, 4) is 22.5 Å². The van der Waals surface area contributed by atoms with Crippen LogP contribution in [0.1, 0.15) is 32.4 Å². The van der Waals surface area contributed by atoms with Gasteiger partial charge in [0.05, 0.1) is 37.3 Å². The monoisotopic (exact) mass is 492 g/mol. The Morgan fingerprint density at radius 1 is 1.03 bits per heavy atom. The van der Waals surface area contributed by atoms with Crippen molar-refractivity contribution in [2.24, 2.45) is 0 Å². The molecule has 2 fully saturated rings. The molecule has 4 aromatic heterocycles. The van der Waals surface area contributed by atoms with E-state index in [-0.39, 0.29) is 23.2 Å². The van der Waals surface area contributed by atoms with Crippen LogP contribution in [0.2, 0.25) is 0 Å². The van der Waals surface area contributed by atoms with Crippen molar-refractivity contribution in [3.05, 3.63) is 54.6 Å². The number of aromatic nitrogens is 5. The molecule has 8 nitrogen and oxygen atoms in total. The highest BCUT2D eigenvalue weighted by atomic mass is 19.1. The highest BCUT2D eigenvalue weighted by Crippen LogP contribution is 2.39. The van der Waals surface area contributed by atoms with E-state index in [2.05, 4.69) is 20.0 Å². The van der Waals surface area contributed by atoms with Gasteiger partial charge >= 0.3 is 0 Å². The van der Waals surface area contributed by atoms with Crippen LogP contribution in [-0.2, 0) is 9.47 Å². The van der Waals surface area contributed by atoms with Gasteiger partial charge < -0.3 is 14.4 Å². The lowest BCUT2D eigenvalue weighted by Crippen LogP contribution is -2.44. The Balaban J connectivity index is 1.61. The predicted octanol–water partition coefficient (Wildman–Crippen LogP) is 4.76. The molecule has 10 heteroatoms. The summed E-state index contributed by atoms with van der Waals surface area (Å²) in [5.41, 5.74) is 2.13. The van der Waals surface area contributed by atoms with Gasteiger partial charge in [-0.3, -0.25) is 4.98 Å². The summed E-state index contributed by atoms with van der Waals surface area (Å²) in [5.74, 6) is -0.503. The largest absolute Gasteiger partial charge is 0.377 e. The number of pyridine rings is 3. The van der Waals surface area contributed by atoms with E-state index in [0.717, 1.165) is 31.7 Å². The van der Waals surface area contributed by atoms with E-state index in [4.69, 9.17) is 14.5 Å². The van der Waals surface area contributed by atoms with Crippen LogP contribution in [0, 0.1) is 11.6 Å². The van der Waals surface area contributed by atoms with E-state index in [0.29, 0.717) is 54.7 Å². The minimum Gasteiger partial charge on any atom is -0.377 e. The third kappa shape index (κ3) is 4.00. The highest BCUT2D eigenvalue weighted by molar-refractivity contribution is 6.02. The first-order valence-electron chi connectivity index (χ1n) is 12.2. The van der Waals surface area contributed by atoms with Crippen LogP contribution < -0.4 is 4.90 Å². The van der Waals surface area contributed by atoms with E-state index in [9.17, 15) is 4.39 Å². The molecule has 0 aliphatic carbocycles. The van der Waals surface area contributed by atoms with Gasteiger partial charge in [-0.2, -0.15) is 5.10 Å². The maximum Gasteiger partial charge on any atom is 0.151 e. The van der Waals surface area contributed by atoms with Gasteiger partial charge in [0.15, 0.2) is 12.0 Å². The molecule has 36 heavy (non-hydrogen) atoms. The lowest BCUT2D eigenvalue weighted by Gasteiger charge is -2.34. The van der Waals surface area contributed by atoms with E-state index in [1.807, 2.05) is 13.0 Å². The minimum absolute atomic E-state index is 0.0463. The van der Waals surface area contributed by atoms with Gasteiger partial charge in [0.25, 0.3) is 0 Å². The van der Waals surface area contributed by atoms with Gasteiger partial charge in [0.2, 0.25) is 0 Å². The summed E-state index contributed by atoms with van der Waals surface area (Å²) in [6.45, 7) is 4.40. The van der Waals surface area contributed by atoms with Gasteiger partial charge in [-0.05, 0) is 44.4 Å². The fourth-order valence-electron chi connectivity index (χ4n) is 5.05. The smallest absolute Gasteiger partial charge is 0.151 e. The first-order valence-corrected chi connectivity index (χ1v) is 12.2. The summed E-state index contributed by atoms with van der Waals surface area (Å²) in [6.07, 6.45) is 8.11. The standard InChI is InChI=1S/C26H26F2N6O2/c1-16-15-35-11-9-33(16)22-12-18(17-5-7-29-13-19(17)27)24-20(28)14-30-25(26(24)32-22)21-6-8-31-34(21)23-4-2-3-10-36-23/h5-8,12-14,16,23H,2-4,9-11,15H2,1H3/t16-,23?/m1/s1.